The van der Waals surface area contributed by atoms with Gasteiger partial charge in [-0.25, -0.2) is 13.2 Å². The van der Waals surface area contributed by atoms with E-state index in [0.717, 1.165) is 12.5 Å². The minimum atomic E-state index is -3.70. The normalized spacial score (nSPS) is 18.0. The van der Waals surface area contributed by atoms with E-state index >= 15 is 0 Å². The Labute approximate surface area is 144 Å². The molecule has 23 heavy (non-hydrogen) atoms. The molecule has 6 nitrogen and oxygen atoms in total. The fraction of sp³-hybridized carbons (Fsp3) is 0.357. The molecular formula is C14H15Cl2NO5S. The van der Waals surface area contributed by atoms with E-state index in [1.54, 1.807) is 0 Å². The lowest BCUT2D eigenvalue weighted by Crippen LogP contribution is -2.67. The van der Waals surface area contributed by atoms with Crippen LogP contribution in [0.2, 0.25) is 10.0 Å². The summed E-state index contributed by atoms with van der Waals surface area (Å²) in [5.41, 5.74) is -1.38. The summed E-state index contributed by atoms with van der Waals surface area (Å²) in [6.45, 7) is 2.88. The van der Waals surface area contributed by atoms with Crippen molar-refractivity contribution >= 4 is 39.1 Å². The zero-order valence-corrected chi connectivity index (χ0v) is 14.5. The number of likely N-dealkylation sites (tertiary alicyclic amines) is 1. The summed E-state index contributed by atoms with van der Waals surface area (Å²) in [4.78, 5) is 12.7. The number of nitrogens with zero attached hydrogens (tertiary/aromatic N) is 1. The van der Waals surface area contributed by atoms with Gasteiger partial charge in [0.15, 0.2) is 9.84 Å². The standard InChI is InChI=1S/C14H15Cl2NO5S/c1-3-22-13(18)17-7-14(19,8-17)12(23(2,20)21)9-4-10(15)6-11(16)5-9/h3-6,12,19H,1,7-8H2,2H3. The Hall–Kier alpha value is -1.28. The molecule has 1 fully saturated rings. The van der Waals surface area contributed by atoms with Crippen LogP contribution in [0.5, 0.6) is 0 Å². The van der Waals surface area contributed by atoms with Crippen LogP contribution in [-0.4, -0.2) is 49.5 Å². The predicted octanol–water partition coefficient (Wildman–Crippen LogP) is 2.41. The third-order valence-corrected chi connectivity index (χ3v) is 5.48. The molecule has 1 aliphatic heterocycles. The molecule has 1 atom stereocenters. The Morgan fingerprint density at radius 1 is 1.39 bits per heavy atom. The number of hydrogen-bond donors (Lipinski definition) is 1. The molecule has 0 bridgehead atoms. The molecule has 1 unspecified atom stereocenters. The first-order valence-electron chi connectivity index (χ1n) is 6.50. The Balaban J connectivity index is 2.35. The molecule has 1 saturated heterocycles. The van der Waals surface area contributed by atoms with Crippen molar-refractivity contribution < 1.29 is 23.1 Å². The van der Waals surface area contributed by atoms with Crippen LogP contribution in [0.25, 0.3) is 0 Å². The molecule has 1 heterocycles. The molecule has 0 saturated carbocycles. The molecule has 1 aromatic rings. The van der Waals surface area contributed by atoms with Crippen LogP contribution < -0.4 is 0 Å². The fourth-order valence-corrected chi connectivity index (χ4v) is 4.86. The van der Waals surface area contributed by atoms with E-state index in [0.29, 0.717) is 0 Å². The van der Waals surface area contributed by atoms with Gasteiger partial charge in [0.2, 0.25) is 0 Å². The van der Waals surface area contributed by atoms with Crippen LogP contribution in [0.4, 0.5) is 4.79 Å². The average Bonchev–Trinajstić information content (AvgIpc) is 2.33. The van der Waals surface area contributed by atoms with E-state index in [4.69, 9.17) is 23.2 Å². The summed E-state index contributed by atoms with van der Waals surface area (Å²) in [7, 11) is -3.70. The van der Waals surface area contributed by atoms with Crippen molar-refractivity contribution in [3.63, 3.8) is 0 Å². The highest BCUT2D eigenvalue weighted by molar-refractivity contribution is 7.91. The van der Waals surface area contributed by atoms with Gasteiger partial charge in [0.1, 0.15) is 10.9 Å². The second-order valence-corrected chi connectivity index (χ2v) is 8.43. The Kier molecular flexibility index (Phi) is 4.96. The van der Waals surface area contributed by atoms with Crippen LogP contribution in [0, 0.1) is 0 Å². The van der Waals surface area contributed by atoms with E-state index in [1.165, 1.54) is 23.1 Å². The van der Waals surface area contributed by atoms with Gasteiger partial charge in [-0.15, -0.1) is 0 Å². The van der Waals surface area contributed by atoms with Crippen molar-refractivity contribution in [1.82, 2.24) is 4.90 Å². The second kappa shape index (κ2) is 6.32. The molecule has 2 rings (SSSR count). The van der Waals surface area contributed by atoms with Gasteiger partial charge in [-0.1, -0.05) is 29.8 Å². The molecule has 0 radical (unpaired) electrons. The number of sulfone groups is 1. The summed E-state index contributed by atoms with van der Waals surface area (Å²) in [5, 5.41) is 9.94. The molecule has 9 heteroatoms. The number of halogens is 2. The maximum Gasteiger partial charge on any atom is 0.414 e. The van der Waals surface area contributed by atoms with Crippen LogP contribution in [0.1, 0.15) is 10.8 Å². The maximum absolute atomic E-state index is 12.2. The van der Waals surface area contributed by atoms with Gasteiger partial charge in [-0.2, -0.15) is 0 Å². The zero-order valence-electron chi connectivity index (χ0n) is 12.2. The zero-order chi connectivity index (χ0) is 17.4. The monoisotopic (exact) mass is 379 g/mol. The quantitative estimate of drug-likeness (QED) is 0.811. The van der Waals surface area contributed by atoms with Crippen molar-refractivity contribution in [2.75, 3.05) is 19.3 Å². The lowest BCUT2D eigenvalue weighted by molar-refractivity contribution is -0.0873. The number of aliphatic hydroxyl groups is 1. The third kappa shape index (κ3) is 3.80. The van der Waals surface area contributed by atoms with E-state index in [2.05, 4.69) is 11.3 Å². The lowest BCUT2D eigenvalue weighted by Gasteiger charge is -2.48. The number of carbonyl (C=O) groups excluding carboxylic acids is 1. The second-order valence-electron chi connectivity index (χ2n) is 5.42. The van der Waals surface area contributed by atoms with Gasteiger partial charge in [0, 0.05) is 16.3 Å². The molecular weight excluding hydrogens is 365 g/mol. The van der Waals surface area contributed by atoms with Gasteiger partial charge in [-0.3, -0.25) is 0 Å². The number of rotatable bonds is 4. The Morgan fingerprint density at radius 3 is 2.35 bits per heavy atom. The Morgan fingerprint density at radius 2 is 1.91 bits per heavy atom. The Bertz CT molecular complexity index is 723. The highest BCUT2D eigenvalue weighted by Crippen LogP contribution is 2.41. The molecule has 1 amide bonds. The summed E-state index contributed by atoms with van der Waals surface area (Å²) in [5.74, 6) is 0. The number of hydrogen-bond acceptors (Lipinski definition) is 5. The van der Waals surface area contributed by atoms with Crippen molar-refractivity contribution in [3.8, 4) is 0 Å². The van der Waals surface area contributed by atoms with E-state index < -0.39 is 26.8 Å². The van der Waals surface area contributed by atoms with Gasteiger partial charge < -0.3 is 14.7 Å². The van der Waals surface area contributed by atoms with Crippen molar-refractivity contribution in [1.29, 1.82) is 0 Å². The molecule has 1 aromatic carbocycles. The maximum atomic E-state index is 12.2. The number of benzene rings is 1. The largest absolute Gasteiger partial charge is 0.419 e. The minimum absolute atomic E-state index is 0.193. The predicted molar refractivity (Wildman–Crippen MR) is 87.2 cm³/mol. The molecule has 1 aliphatic rings. The molecule has 0 aromatic heterocycles. The van der Waals surface area contributed by atoms with E-state index in [-0.39, 0.29) is 28.7 Å². The first-order chi connectivity index (χ1) is 10.6. The smallest absolute Gasteiger partial charge is 0.414 e. The average molecular weight is 380 g/mol. The molecule has 1 N–H and O–H groups in total. The third-order valence-electron chi connectivity index (χ3n) is 3.48. The van der Waals surface area contributed by atoms with Crippen molar-refractivity contribution in [2.45, 2.75) is 10.9 Å². The summed E-state index contributed by atoms with van der Waals surface area (Å²) in [6.07, 6.45) is 1.26. The van der Waals surface area contributed by atoms with Crippen LogP contribution in [0.15, 0.2) is 31.0 Å². The molecule has 126 valence electrons. The number of carbonyl (C=O) groups is 1. The first kappa shape index (κ1) is 18.1. The molecule has 0 aliphatic carbocycles. The minimum Gasteiger partial charge on any atom is -0.419 e. The topological polar surface area (TPSA) is 83.9 Å². The van der Waals surface area contributed by atoms with Crippen molar-refractivity contribution in [2.24, 2.45) is 0 Å². The van der Waals surface area contributed by atoms with Gasteiger partial charge in [0.05, 0.1) is 19.4 Å². The van der Waals surface area contributed by atoms with Gasteiger partial charge in [0.25, 0.3) is 0 Å². The fourth-order valence-electron chi connectivity index (χ4n) is 2.74. The summed E-state index contributed by atoms with van der Waals surface area (Å²) >= 11 is 11.8. The van der Waals surface area contributed by atoms with Crippen LogP contribution in [-0.2, 0) is 14.6 Å². The summed E-state index contributed by atoms with van der Waals surface area (Å²) < 4.78 is 29.0. The first-order valence-corrected chi connectivity index (χ1v) is 9.21. The lowest BCUT2D eigenvalue weighted by atomic mass is 9.86. The van der Waals surface area contributed by atoms with Crippen molar-refractivity contribution in [3.05, 3.63) is 46.6 Å². The highest BCUT2D eigenvalue weighted by Gasteiger charge is 2.54. The van der Waals surface area contributed by atoms with E-state index in [1.807, 2.05) is 0 Å². The number of β-amino-alcohol motifs (C(OH)–C–C–N with tert-alkyl or cyclic N) is 1. The van der Waals surface area contributed by atoms with E-state index in [9.17, 15) is 18.3 Å². The van der Waals surface area contributed by atoms with Crippen LogP contribution in [0.3, 0.4) is 0 Å². The highest BCUT2D eigenvalue weighted by atomic mass is 35.5. The van der Waals surface area contributed by atoms with Gasteiger partial charge >= 0.3 is 6.09 Å². The number of ether oxygens (including phenoxy) is 1. The number of amides is 1. The molecule has 0 spiro atoms. The summed E-state index contributed by atoms with van der Waals surface area (Å²) in [6, 6.07) is 4.33. The van der Waals surface area contributed by atoms with Crippen LogP contribution >= 0.6 is 23.2 Å². The SMILES string of the molecule is C=COC(=O)N1CC(O)(C(c2cc(Cl)cc(Cl)c2)S(C)(=O)=O)C1. The van der Waals surface area contributed by atoms with Gasteiger partial charge in [-0.05, 0) is 23.8 Å².